The second kappa shape index (κ2) is 7.57. The van der Waals surface area contributed by atoms with Gasteiger partial charge in [0.05, 0.1) is 0 Å². The van der Waals surface area contributed by atoms with Crippen LogP contribution < -0.4 is 0 Å². The van der Waals surface area contributed by atoms with Gasteiger partial charge in [-0.2, -0.15) is 0 Å². The SMILES string of the molecule is CCc1ccc([C@@H]2CC(=O)c3c([nH]c(C(=O)O[C@@H]4CCC[C@H]4C)c3C)C2)cc1. The summed E-state index contributed by atoms with van der Waals surface area (Å²) in [6.07, 6.45) is 5.39. The summed E-state index contributed by atoms with van der Waals surface area (Å²) in [5, 5.41) is 0. The van der Waals surface area contributed by atoms with Crippen LogP contribution in [0.15, 0.2) is 24.3 Å². The maximum Gasteiger partial charge on any atom is 0.355 e. The van der Waals surface area contributed by atoms with Gasteiger partial charge < -0.3 is 9.72 Å². The molecule has 0 spiro atoms. The lowest BCUT2D eigenvalue weighted by molar-refractivity contribution is 0.0219. The van der Waals surface area contributed by atoms with E-state index in [1.807, 2.05) is 6.92 Å². The summed E-state index contributed by atoms with van der Waals surface area (Å²) in [7, 11) is 0. The zero-order chi connectivity index (χ0) is 19.8. The van der Waals surface area contributed by atoms with Gasteiger partial charge in [0.1, 0.15) is 11.8 Å². The molecular formula is C24H29NO3. The molecule has 28 heavy (non-hydrogen) atoms. The number of H-pyrrole nitrogens is 1. The number of benzene rings is 1. The smallest absolute Gasteiger partial charge is 0.355 e. The van der Waals surface area contributed by atoms with E-state index in [4.69, 9.17) is 4.74 Å². The average Bonchev–Trinajstić information content (AvgIpc) is 3.25. The molecule has 1 heterocycles. The Hall–Kier alpha value is -2.36. The first-order chi connectivity index (χ1) is 13.5. The van der Waals surface area contributed by atoms with E-state index in [1.165, 1.54) is 11.1 Å². The zero-order valence-corrected chi connectivity index (χ0v) is 17.0. The molecule has 0 saturated heterocycles. The van der Waals surface area contributed by atoms with Crippen LogP contribution in [0.3, 0.4) is 0 Å². The molecule has 1 fully saturated rings. The normalized spacial score (nSPS) is 24.2. The van der Waals surface area contributed by atoms with Crippen LogP contribution in [-0.4, -0.2) is 22.8 Å². The number of esters is 1. The summed E-state index contributed by atoms with van der Waals surface area (Å²) in [5.41, 5.74) is 5.27. The molecule has 1 aromatic heterocycles. The number of hydrogen-bond acceptors (Lipinski definition) is 3. The number of fused-ring (bicyclic) bond motifs is 1. The lowest BCUT2D eigenvalue weighted by Crippen LogP contribution is -2.21. The molecule has 4 rings (SSSR count). The lowest BCUT2D eigenvalue weighted by atomic mass is 9.81. The predicted octanol–water partition coefficient (Wildman–Crippen LogP) is 5.14. The standard InChI is InChI=1S/C24H29NO3/c1-4-16-8-10-17(11-9-16)18-12-19-22(20(26)13-18)15(3)23(25-19)24(27)28-21-7-5-6-14(21)2/h8-11,14,18,21,25H,4-7,12-13H2,1-3H3/t14-,18+,21-/m1/s1. The van der Waals surface area contributed by atoms with Crippen molar-refractivity contribution in [2.75, 3.05) is 0 Å². The van der Waals surface area contributed by atoms with E-state index in [-0.39, 0.29) is 23.8 Å². The Morgan fingerprint density at radius 1 is 1.18 bits per heavy atom. The molecule has 0 amide bonds. The average molecular weight is 380 g/mol. The van der Waals surface area contributed by atoms with Crippen LogP contribution in [0.2, 0.25) is 0 Å². The molecule has 1 N–H and O–H groups in total. The Balaban J connectivity index is 1.56. The molecule has 3 atom stereocenters. The Morgan fingerprint density at radius 2 is 1.93 bits per heavy atom. The van der Waals surface area contributed by atoms with E-state index >= 15 is 0 Å². The molecule has 0 aliphatic heterocycles. The zero-order valence-electron chi connectivity index (χ0n) is 17.0. The van der Waals surface area contributed by atoms with Gasteiger partial charge in [-0.3, -0.25) is 4.79 Å². The number of aromatic nitrogens is 1. The van der Waals surface area contributed by atoms with Crippen molar-refractivity contribution in [3.8, 4) is 0 Å². The summed E-state index contributed by atoms with van der Waals surface area (Å²) in [4.78, 5) is 28.9. The van der Waals surface area contributed by atoms with Crippen LogP contribution >= 0.6 is 0 Å². The second-order valence-corrected chi connectivity index (χ2v) is 8.45. The maximum atomic E-state index is 12.9. The fourth-order valence-corrected chi connectivity index (χ4v) is 4.78. The summed E-state index contributed by atoms with van der Waals surface area (Å²) < 4.78 is 5.76. The molecule has 2 aliphatic carbocycles. The van der Waals surface area contributed by atoms with Gasteiger partial charge in [0.15, 0.2) is 5.78 Å². The third-order valence-electron chi connectivity index (χ3n) is 6.59. The first kappa shape index (κ1) is 19.0. The third kappa shape index (κ3) is 3.41. The van der Waals surface area contributed by atoms with Gasteiger partial charge in [0, 0.05) is 17.7 Å². The minimum Gasteiger partial charge on any atom is -0.457 e. The van der Waals surface area contributed by atoms with Crippen molar-refractivity contribution in [2.45, 2.75) is 71.3 Å². The molecule has 0 radical (unpaired) electrons. The number of aryl methyl sites for hydroxylation is 1. The Labute approximate surface area is 166 Å². The van der Waals surface area contributed by atoms with Crippen molar-refractivity contribution in [3.05, 3.63) is 57.9 Å². The first-order valence-electron chi connectivity index (χ1n) is 10.5. The highest BCUT2D eigenvalue weighted by Crippen LogP contribution is 2.36. The summed E-state index contributed by atoms with van der Waals surface area (Å²) >= 11 is 0. The minimum absolute atomic E-state index is 0.00671. The number of hydrogen-bond donors (Lipinski definition) is 1. The quantitative estimate of drug-likeness (QED) is 0.748. The molecule has 0 unspecified atom stereocenters. The van der Waals surface area contributed by atoms with Crippen LogP contribution in [0.5, 0.6) is 0 Å². The highest BCUT2D eigenvalue weighted by Gasteiger charge is 2.34. The van der Waals surface area contributed by atoms with E-state index in [0.717, 1.165) is 43.4 Å². The monoisotopic (exact) mass is 379 g/mol. The van der Waals surface area contributed by atoms with E-state index in [2.05, 4.69) is 43.1 Å². The molecule has 0 bridgehead atoms. The largest absolute Gasteiger partial charge is 0.457 e. The van der Waals surface area contributed by atoms with E-state index in [0.29, 0.717) is 23.6 Å². The number of ether oxygens (including phenoxy) is 1. The van der Waals surface area contributed by atoms with Crippen LogP contribution in [0.25, 0.3) is 0 Å². The number of rotatable bonds is 4. The van der Waals surface area contributed by atoms with Crippen molar-refractivity contribution < 1.29 is 14.3 Å². The van der Waals surface area contributed by atoms with Gasteiger partial charge in [-0.05, 0) is 67.6 Å². The molecule has 4 heteroatoms. The maximum absolute atomic E-state index is 12.9. The Bertz CT molecular complexity index is 893. The Kier molecular flexibility index (Phi) is 5.13. The summed E-state index contributed by atoms with van der Waals surface area (Å²) in [5.74, 6) is 0.365. The van der Waals surface area contributed by atoms with Crippen molar-refractivity contribution in [1.82, 2.24) is 4.98 Å². The van der Waals surface area contributed by atoms with E-state index in [9.17, 15) is 9.59 Å². The molecule has 2 aliphatic rings. The number of ketones is 1. The van der Waals surface area contributed by atoms with Gasteiger partial charge in [0.2, 0.25) is 0 Å². The third-order valence-corrected chi connectivity index (χ3v) is 6.59. The van der Waals surface area contributed by atoms with Gasteiger partial charge in [-0.25, -0.2) is 4.79 Å². The molecular weight excluding hydrogens is 350 g/mol. The van der Waals surface area contributed by atoms with Gasteiger partial charge in [-0.15, -0.1) is 0 Å². The topological polar surface area (TPSA) is 59.2 Å². The molecule has 1 aromatic carbocycles. The van der Waals surface area contributed by atoms with E-state index < -0.39 is 0 Å². The number of nitrogens with one attached hydrogen (secondary N) is 1. The van der Waals surface area contributed by atoms with Crippen LogP contribution in [0, 0.1) is 12.8 Å². The van der Waals surface area contributed by atoms with Crippen LogP contribution in [-0.2, 0) is 17.6 Å². The van der Waals surface area contributed by atoms with E-state index in [1.54, 1.807) is 0 Å². The molecule has 148 valence electrons. The summed E-state index contributed by atoms with van der Waals surface area (Å²) in [6.45, 7) is 6.13. The molecule has 1 saturated carbocycles. The van der Waals surface area contributed by atoms with Crippen molar-refractivity contribution in [1.29, 1.82) is 0 Å². The number of aromatic amines is 1. The van der Waals surface area contributed by atoms with Crippen LogP contribution in [0.4, 0.5) is 0 Å². The number of Topliss-reactive ketones (excluding diaryl/α,β-unsaturated/α-hetero) is 1. The minimum atomic E-state index is -0.317. The highest BCUT2D eigenvalue weighted by molar-refractivity contribution is 6.03. The van der Waals surface area contributed by atoms with Crippen LogP contribution in [0.1, 0.15) is 88.7 Å². The first-order valence-corrected chi connectivity index (χ1v) is 10.5. The fourth-order valence-electron chi connectivity index (χ4n) is 4.78. The van der Waals surface area contributed by atoms with Crippen molar-refractivity contribution >= 4 is 11.8 Å². The van der Waals surface area contributed by atoms with Gasteiger partial charge >= 0.3 is 5.97 Å². The highest BCUT2D eigenvalue weighted by atomic mass is 16.5. The molecule has 4 nitrogen and oxygen atoms in total. The summed E-state index contributed by atoms with van der Waals surface area (Å²) in [6, 6.07) is 8.55. The van der Waals surface area contributed by atoms with Crippen molar-refractivity contribution in [2.24, 2.45) is 5.92 Å². The van der Waals surface area contributed by atoms with Crippen molar-refractivity contribution in [3.63, 3.8) is 0 Å². The fraction of sp³-hybridized carbons (Fsp3) is 0.500. The number of carbonyl (C=O) groups excluding carboxylic acids is 2. The predicted molar refractivity (Wildman–Crippen MR) is 109 cm³/mol. The van der Waals surface area contributed by atoms with Gasteiger partial charge in [-0.1, -0.05) is 38.1 Å². The lowest BCUT2D eigenvalue weighted by Gasteiger charge is -2.22. The molecule has 2 aromatic rings. The number of carbonyl (C=O) groups is 2. The Morgan fingerprint density at radius 3 is 2.57 bits per heavy atom. The van der Waals surface area contributed by atoms with Gasteiger partial charge in [0.25, 0.3) is 0 Å². The second-order valence-electron chi connectivity index (χ2n) is 8.45.